The van der Waals surface area contributed by atoms with Crippen LogP contribution in [0, 0.1) is 0 Å². The first-order valence-corrected chi connectivity index (χ1v) is 3.63. The molecule has 0 bridgehead atoms. The molecular formula is C9H8O5. The van der Waals surface area contributed by atoms with Gasteiger partial charge < -0.3 is 20.1 Å². The average Bonchev–Trinajstić information content (AvgIpc) is 2.10. The summed E-state index contributed by atoms with van der Waals surface area (Å²) in [5.41, 5.74) is 0. The molecule has 0 fully saturated rings. The fourth-order valence-corrected chi connectivity index (χ4v) is 0.831. The zero-order valence-electron chi connectivity index (χ0n) is 7.10. The van der Waals surface area contributed by atoms with Crippen molar-refractivity contribution in [2.45, 2.75) is 0 Å². The number of hydrogen-bond donors (Lipinski definition) is 3. The standard InChI is InChI=1S/C9H8O5/c1-2-8(13)14-9-6(11)3-5(10)4-7(9)12/h2-4,10-12H,1H2. The van der Waals surface area contributed by atoms with Gasteiger partial charge in [-0.2, -0.15) is 0 Å². The van der Waals surface area contributed by atoms with Gasteiger partial charge in [0.25, 0.3) is 0 Å². The van der Waals surface area contributed by atoms with Crippen molar-refractivity contribution in [2.75, 3.05) is 0 Å². The van der Waals surface area contributed by atoms with E-state index >= 15 is 0 Å². The van der Waals surface area contributed by atoms with Crippen molar-refractivity contribution in [3.8, 4) is 23.0 Å². The van der Waals surface area contributed by atoms with Crippen molar-refractivity contribution in [3.63, 3.8) is 0 Å². The predicted molar refractivity (Wildman–Crippen MR) is 47.3 cm³/mol. The number of aromatic hydroxyl groups is 3. The van der Waals surface area contributed by atoms with Crippen molar-refractivity contribution in [2.24, 2.45) is 0 Å². The molecule has 0 saturated carbocycles. The van der Waals surface area contributed by atoms with E-state index in [2.05, 4.69) is 11.3 Å². The molecule has 1 aromatic carbocycles. The average molecular weight is 196 g/mol. The highest BCUT2D eigenvalue weighted by atomic mass is 16.5. The van der Waals surface area contributed by atoms with E-state index in [0.29, 0.717) is 0 Å². The van der Waals surface area contributed by atoms with Crippen LogP contribution < -0.4 is 4.74 Å². The molecule has 74 valence electrons. The maximum Gasteiger partial charge on any atom is 0.335 e. The normalized spacial score (nSPS) is 9.43. The molecule has 0 unspecified atom stereocenters. The van der Waals surface area contributed by atoms with Crippen LogP contribution in [0.1, 0.15) is 0 Å². The number of carbonyl (C=O) groups excluding carboxylic acids is 1. The topological polar surface area (TPSA) is 87.0 Å². The second-order valence-electron chi connectivity index (χ2n) is 2.44. The van der Waals surface area contributed by atoms with Crippen molar-refractivity contribution in [1.82, 2.24) is 0 Å². The third-order valence-corrected chi connectivity index (χ3v) is 1.40. The van der Waals surface area contributed by atoms with Gasteiger partial charge in [-0.3, -0.25) is 0 Å². The summed E-state index contributed by atoms with van der Waals surface area (Å²) in [7, 11) is 0. The van der Waals surface area contributed by atoms with Gasteiger partial charge in [0.1, 0.15) is 5.75 Å². The molecule has 0 saturated heterocycles. The van der Waals surface area contributed by atoms with Gasteiger partial charge in [-0.25, -0.2) is 4.79 Å². The minimum absolute atomic E-state index is 0.335. The van der Waals surface area contributed by atoms with Gasteiger partial charge in [0.15, 0.2) is 11.5 Å². The highest BCUT2D eigenvalue weighted by Gasteiger charge is 2.13. The van der Waals surface area contributed by atoms with Gasteiger partial charge >= 0.3 is 5.97 Å². The van der Waals surface area contributed by atoms with Crippen molar-refractivity contribution in [1.29, 1.82) is 0 Å². The number of esters is 1. The van der Waals surface area contributed by atoms with Crippen LogP contribution >= 0.6 is 0 Å². The highest BCUT2D eigenvalue weighted by molar-refractivity contribution is 5.84. The highest BCUT2D eigenvalue weighted by Crippen LogP contribution is 2.39. The van der Waals surface area contributed by atoms with Crippen LogP contribution in [0.2, 0.25) is 0 Å². The van der Waals surface area contributed by atoms with E-state index in [9.17, 15) is 15.0 Å². The van der Waals surface area contributed by atoms with Crippen LogP contribution in [-0.2, 0) is 4.79 Å². The summed E-state index contributed by atoms with van der Waals surface area (Å²) in [5.74, 6) is -2.62. The van der Waals surface area contributed by atoms with Gasteiger partial charge in [0.05, 0.1) is 0 Å². The fourth-order valence-electron chi connectivity index (χ4n) is 0.831. The lowest BCUT2D eigenvalue weighted by atomic mass is 10.3. The van der Waals surface area contributed by atoms with E-state index in [1.165, 1.54) is 0 Å². The van der Waals surface area contributed by atoms with Gasteiger partial charge in [-0.1, -0.05) is 6.58 Å². The minimum Gasteiger partial charge on any atom is -0.508 e. The van der Waals surface area contributed by atoms with E-state index < -0.39 is 23.2 Å². The molecule has 14 heavy (non-hydrogen) atoms. The number of ether oxygens (including phenoxy) is 1. The zero-order valence-corrected chi connectivity index (χ0v) is 7.10. The minimum atomic E-state index is -0.818. The molecule has 0 spiro atoms. The second-order valence-corrected chi connectivity index (χ2v) is 2.44. The number of hydrogen-bond acceptors (Lipinski definition) is 5. The molecule has 0 aliphatic heterocycles. The van der Waals surface area contributed by atoms with Crippen molar-refractivity contribution >= 4 is 5.97 Å². The molecule has 0 aromatic heterocycles. The number of phenols is 3. The van der Waals surface area contributed by atoms with Crippen LogP contribution in [0.25, 0.3) is 0 Å². The monoisotopic (exact) mass is 196 g/mol. The molecule has 0 aliphatic rings. The number of rotatable bonds is 2. The molecule has 5 nitrogen and oxygen atoms in total. The fraction of sp³-hybridized carbons (Fsp3) is 0. The number of benzene rings is 1. The summed E-state index contributed by atoms with van der Waals surface area (Å²) in [6, 6.07) is 1.87. The smallest absolute Gasteiger partial charge is 0.335 e. The van der Waals surface area contributed by atoms with E-state index in [0.717, 1.165) is 18.2 Å². The summed E-state index contributed by atoms with van der Waals surface area (Å²) >= 11 is 0. The molecule has 0 amide bonds. The lowest BCUT2D eigenvalue weighted by Crippen LogP contribution is -2.03. The molecular weight excluding hydrogens is 188 g/mol. The maximum atomic E-state index is 10.7. The van der Waals surface area contributed by atoms with Crippen molar-refractivity contribution < 1.29 is 24.9 Å². The van der Waals surface area contributed by atoms with Crippen LogP contribution in [0.4, 0.5) is 0 Å². The Morgan fingerprint density at radius 1 is 1.29 bits per heavy atom. The Labute approximate surface area is 79.5 Å². The quantitative estimate of drug-likeness (QED) is 0.371. The Morgan fingerprint density at radius 3 is 2.21 bits per heavy atom. The lowest BCUT2D eigenvalue weighted by Gasteiger charge is -2.06. The van der Waals surface area contributed by atoms with Gasteiger partial charge in [-0.15, -0.1) is 0 Å². The SMILES string of the molecule is C=CC(=O)Oc1c(O)cc(O)cc1O. The number of carbonyl (C=O) groups is 1. The Morgan fingerprint density at radius 2 is 1.79 bits per heavy atom. The third kappa shape index (κ3) is 1.95. The third-order valence-electron chi connectivity index (χ3n) is 1.40. The summed E-state index contributed by atoms with van der Waals surface area (Å²) < 4.78 is 4.51. The van der Waals surface area contributed by atoms with Crippen LogP contribution in [0.5, 0.6) is 23.0 Å². The maximum absolute atomic E-state index is 10.7. The zero-order chi connectivity index (χ0) is 10.7. The Hall–Kier alpha value is -2.17. The molecule has 0 atom stereocenters. The molecule has 0 radical (unpaired) electrons. The van der Waals surface area contributed by atoms with E-state index in [4.69, 9.17) is 5.11 Å². The number of phenolic OH excluding ortho intramolecular Hbond substituents is 3. The second kappa shape index (κ2) is 3.69. The van der Waals surface area contributed by atoms with Gasteiger partial charge in [0.2, 0.25) is 5.75 Å². The largest absolute Gasteiger partial charge is 0.508 e. The van der Waals surface area contributed by atoms with Crippen LogP contribution in [-0.4, -0.2) is 21.3 Å². The molecule has 0 heterocycles. The summed E-state index contributed by atoms with van der Waals surface area (Å²) in [6.45, 7) is 3.15. The van der Waals surface area contributed by atoms with Crippen molar-refractivity contribution in [3.05, 3.63) is 24.8 Å². The Balaban J connectivity index is 3.08. The molecule has 1 rings (SSSR count). The summed E-state index contributed by atoms with van der Waals surface area (Å²) in [4.78, 5) is 10.7. The van der Waals surface area contributed by atoms with Gasteiger partial charge in [0, 0.05) is 18.2 Å². The molecule has 0 aliphatic carbocycles. The summed E-state index contributed by atoms with van der Waals surface area (Å²) in [6.07, 6.45) is 0.881. The van der Waals surface area contributed by atoms with Crippen LogP contribution in [0.3, 0.4) is 0 Å². The Kier molecular flexibility index (Phi) is 2.62. The lowest BCUT2D eigenvalue weighted by molar-refractivity contribution is -0.129. The Bertz CT molecular complexity index is 360. The van der Waals surface area contributed by atoms with Crippen LogP contribution in [0.15, 0.2) is 24.8 Å². The molecule has 3 N–H and O–H groups in total. The first-order chi connectivity index (χ1) is 6.54. The van der Waals surface area contributed by atoms with Gasteiger partial charge in [-0.05, 0) is 0 Å². The first kappa shape index (κ1) is 9.91. The summed E-state index contributed by atoms with van der Waals surface area (Å²) in [5, 5.41) is 27.3. The van der Waals surface area contributed by atoms with E-state index in [-0.39, 0.29) is 5.75 Å². The van der Waals surface area contributed by atoms with E-state index in [1.54, 1.807) is 0 Å². The first-order valence-electron chi connectivity index (χ1n) is 3.63. The van der Waals surface area contributed by atoms with E-state index in [1.807, 2.05) is 0 Å². The molecule has 5 heteroatoms. The predicted octanol–water partition coefficient (Wildman–Crippen LogP) is 0.895. The molecule has 1 aromatic rings.